The fraction of sp³-hybridized carbons (Fsp3) is 0. The molecule has 2 heterocycles. The Kier molecular flexibility index (Phi) is 3.13. The molecule has 6 heteroatoms. The van der Waals surface area contributed by atoms with E-state index in [0.717, 1.165) is 4.47 Å². The van der Waals surface area contributed by atoms with Crippen LogP contribution < -0.4 is 11.3 Å². The molecule has 2 N–H and O–H groups in total. The SMILES string of the molecule is Cl.Nc1cc(=O)nc2ccc(Br)cn12. The first-order valence-corrected chi connectivity index (χ1v) is 4.40. The Morgan fingerprint density at radius 2 is 2.14 bits per heavy atom. The molecular weight excluding hydrogens is 269 g/mol. The summed E-state index contributed by atoms with van der Waals surface area (Å²) >= 11 is 3.30. The van der Waals surface area contributed by atoms with Crippen LogP contribution in [0.25, 0.3) is 5.65 Å². The van der Waals surface area contributed by atoms with Crippen LogP contribution in [0, 0.1) is 0 Å². The van der Waals surface area contributed by atoms with Crippen LogP contribution in [-0.4, -0.2) is 9.38 Å². The summed E-state index contributed by atoms with van der Waals surface area (Å²) in [4.78, 5) is 14.8. The molecule has 0 radical (unpaired) electrons. The molecule has 0 fully saturated rings. The maximum absolute atomic E-state index is 11.0. The first kappa shape index (κ1) is 11.0. The maximum atomic E-state index is 11.0. The molecule has 2 rings (SSSR count). The largest absolute Gasteiger partial charge is 0.385 e. The average Bonchev–Trinajstić information content (AvgIpc) is 2.06. The van der Waals surface area contributed by atoms with Crippen LogP contribution in [0.2, 0.25) is 0 Å². The van der Waals surface area contributed by atoms with Gasteiger partial charge in [0.2, 0.25) is 0 Å². The van der Waals surface area contributed by atoms with Gasteiger partial charge < -0.3 is 5.73 Å². The van der Waals surface area contributed by atoms with Gasteiger partial charge in [-0.2, -0.15) is 4.98 Å². The number of nitrogens with zero attached hydrogens (tertiary/aromatic N) is 2. The first-order valence-electron chi connectivity index (χ1n) is 3.61. The molecule has 14 heavy (non-hydrogen) atoms. The fourth-order valence-corrected chi connectivity index (χ4v) is 1.44. The number of pyridine rings is 1. The van der Waals surface area contributed by atoms with Crippen LogP contribution in [0.1, 0.15) is 0 Å². The van der Waals surface area contributed by atoms with Crippen LogP contribution in [0.3, 0.4) is 0 Å². The number of nitrogen functional groups attached to an aromatic ring is 1. The van der Waals surface area contributed by atoms with E-state index in [2.05, 4.69) is 20.9 Å². The molecule has 0 spiro atoms. The monoisotopic (exact) mass is 275 g/mol. The average molecular weight is 277 g/mol. The van der Waals surface area contributed by atoms with E-state index in [4.69, 9.17) is 5.73 Å². The fourth-order valence-electron chi connectivity index (χ4n) is 1.11. The van der Waals surface area contributed by atoms with Gasteiger partial charge in [-0.05, 0) is 28.1 Å². The van der Waals surface area contributed by atoms with Crippen LogP contribution >= 0.6 is 28.3 Å². The Morgan fingerprint density at radius 1 is 1.43 bits per heavy atom. The van der Waals surface area contributed by atoms with E-state index in [1.165, 1.54) is 6.07 Å². The molecule has 0 unspecified atom stereocenters. The molecule has 0 aromatic carbocycles. The second-order valence-electron chi connectivity index (χ2n) is 2.59. The Balaban J connectivity index is 0.000000980. The minimum absolute atomic E-state index is 0. The standard InChI is InChI=1S/C8H6BrN3O.ClH/c9-5-1-2-7-11-8(13)3-6(10)12(7)4-5;/h1-4H,10H2;1H. The van der Waals surface area contributed by atoms with Gasteiger partial charge in [0, 0.05) is 16.7 Å². The number of fused-ring (bicyclic) bond motifs is 1. The Bertz CT molecular complexity index is 525. The Hall–Kier alpha value is -1.07. The summed E-state index contributed by atoms with van der Waals surface area (Å²) in [7, 11) is 0. The molecular formula is C8H7BrClN3O. The summed E-state index contributed by atoms with van der Waals surface area (Å²) < 4.78 is 2.53. The topological polar surface area (TPSA) is 60.4 Å². The third-order valence-corrected chi connectivity index (χ3v) is 2.13. The highest BCUT2D eigenvalue weighted by molar-refractivity contribution is 9.10. The van der Waals surface area contributed by atoms with Crippen LogP contribution in [0.4, 0.5) is 5.82 Å². The molecule has 0 saturated carbocycles. The lowest BCUT2D eigenvalue weighted by Gasteiger charge is -2.03. The minimum atomic E-state index is -0.320. The highest BCUT2D eigenvalue weighted by atomic mass is 79.9. The van der Waals surface area contributed by atoms with Crippen molar-refractivity contribution in [1.29, 1.82) is 0 Å². The molecule has 0 aliphatic rings. The molecule has 0 atom stereocenters. The predicted molar refractivity (Wildman–Crippen MR) is 60.8 cm³/mol. The smallest absolute Gasteiger partial charge is 0.275 e. The van der Waals surface area contributed by atoms with Gasteiger partial charge in [0.25, 0.3) is 5.56 Å². The predicted octanol–water partition coefficient (Wildman–Crippen LogP) is 1.46. The van der Waals surface area contributed by atoms with Crippen LogP contribution in [0.15, 0.2) is 33.7 Å². The van der Waals surface area contributed by atoms with Crippen molar-refractivity contribution in [3.63, 3.8) is 0 Å². The van der Waals surface area contributed by atoms with Gasteiger partial charge in [-0.25, -0.2) is 0 Å². The number of hydrogen-bond acceptors (Lipinski definition) is 3. The number of anilines is 1. The number of hydrogen-bond donors (Lipinski definition) is 1. The Labute approximate surface area is 94.3 Å². The minimum Gasteiger partial charge on any atom is -0.385 e. The van der Waals surface area contributed by atoms with Crippen molar-refractivity contribution in [3.05, 3.63) is 39.2 Å². The molecule has 0 aliphatic heterocycles. The molecule has 0 bridgehead atoms. The lowest BCUT2D eigenvalue weighted by molar-refractivity contribution is 1.08. The van der Waals surface area contributed by atoms with Gasteiger partial charge in [-0.1, -0.05) is 0 Å². The summed E-state index contributed by atoms with van der Waals surface area (Å²) in [6.45, 7) is 0. The van der Waals surface area contributed by atoms with E-state index in [-0.39, 0.29) is 18.0 Å². The molecule has 4 nitrogen and oxygen atoms in total. The zero-order chi connectivity index (χ0) is 9.42. The molecule has 2 aromatic rings. The molecule has 0 saturated heterocycles. The quantitative estimate of drug-likeness (QED) is 0.792. The highest BCUT2D eigenvalue weighted by Gasteiger charge is 1.98. The van der Waals surface area contributed by atoms with Crippen molar-refractivity contribution in [1.82, 2.24) is 9.38 Å². The number of rotatable bonds is 0. The molecule has 0 aliphatic carbocycles. The maximum Gasteiger partial charge on any atom is 0.275 e. The van der Waals surface area contributed by atoms with Crippen LogP contribution in [-0.2, 0) is 0 Å². The van der Waals surface area contributed by atoms with Gasteiger partial charge in [0.1, 0.15) is 11.5 Å². The van der Waals surface area contributed by atoms with Gasteiger partial charge in [-0.15, -0.1) is 12.4 Å². The van der Waals surface area contributed by atoms with Crippen molar-refractivity contribution >= 4 is 39.8 Å². The zero-order valence-electron chi connectivity index (χ0n) is 6.98. The van der Waals surface area contributed by atoms with Crippen molar-refractivity contribution in [3.8, 4) is 0 Å². The summed E-state index contributed by atoms with van der Waals surface area (Å²) in [6, 6.07) is 4.82. The van der Waals surface area contributed by atoms with E-state index in [1.54, 1.807) is 22.7 Å². The third-order valence-electron chi connectivity index (χ3n) is 1.67. The summed E-state index contributed by atoms with van der Waals surface area (Å²) in [5.41, 5.74) is 5.86. The van der Waals surface area contributed by atoms with E-state index < -0.39 is 0 Å². The number of nitrogens with two attached hydrogens (primary N) is 1. The van der Waals surface area contributed by atoms with Crippen molar-refractivity contribution < 1.29 is 0 Å². The van der Waals surface area contributed by atoms with Gasteiger partial charge in [0.15, 0.2) is 0 Å². The number of aromatic nitrogens is 2. The molecule has 74 valence electrons. The second-order valence-corrected chi connectivity index (χ2v) is 3.51. The van der Waals surface area contributed by atoms with Crippen LogP contribution in [0.5, 0.6) is 0 Å². The molecule has 0 amide bonds. The lowest BCUT2D eigenvalue weighted by Crippen LogP contribution is -2.11. The van der Waals surface area contributed by atoms with E-state index in [9.17, 15) is 4.79 Å². The van der Waals surface area contributed by atoms with Gasteiger partial charge in [0.05, 0.1) is 0 Å². The zero-order valence-corrected chi connectivity index (χ0v) is 9.38. The van der Waals surface area contributed by atoms with Crippen molar-refractivity contribution in [2.24, 2.45) is 0 Å². The highest BCUT2D eigenvalue weighted by Crippen LogP contribution is 2.11. The van der Waals surface area contributed by atoms with Crippen molar-refractivity contribution in [2.75, 3.05) is 5.73 Å². The first-order chi connectivity index (χ1) is 6.16. The summed E-state index contributed by atoms with van der Waals surface area (Å²) in [5, 5.41) is 0. The lowest BCUT2D eigenvalue weighted by atomic mass is 10.4. The summed E-state index contributed by atoms with van der Waals surface area (Å²) in [6.07, 6.45) is 1.76. The number of halogens is 2. The third kappa shape index (κ3) is 1.88. The van der Waals surface area contributed by atoms with Gasteiger partial charge in [-0.3, -0.25) is 9.20 Å². The van der Waals surface area contributed by atoms with Gasteiger partial charge >= 0.3 is 0 Å². The Morgan fingerprint density at radius 3 is 2.86 bits per heavy atom. The van der Waals surface area contributed by atoms with E-state index >= 15 is 0 Å². The summed E-state index contributed by atoms with van der Waals surface area (Å²) in [5.74, 6) is 0.385. The normalized spacial score (nSPS) is 9.79. The second kappa shape index (κ2) is 3.98. The van der Waals surface area contributed by atoms with E-state index in [1.807, 2.05) is 0 Å². The molecule has 2 aromatic heterocycles. The van der Waals surface area contributed by atoms with E-state index in [0.29, 0.717) is 11.5 Å². The van der Waals surface area contributed by atoms with Crippen molar-refractivity contribution in [2.45, 2.75) is 0 Å².